The van der Waals surface area contributed by atoms with Crippen LogP contribution in [-0.2, 0) is 11.3 Å². The van der Waals surface area contributed by atoms with Gasteiger partial charge in [0.25, 0.3) is 0 Å². The van der Waals surface area contributed by atoms with E-state index in [1.54, 1.807) is 6.92 Å². The van der Waals surface area contributed by atoms with Crippen LogP contribution in [-0.4, -0.2) is 33.3 Å². The molecule has 1 aromatic carbocycles. The van der Waals surface area contributed by atoms with E-state index in [1.165, 1.54) is 31.0 Å². The van der Waals surface area contributed by atoms with Crippen molar-refractivity contribution < 1.29 is 9.59 Å². The number of nitrogens with zero attached hydrogens (tertiary/aromatic N) is 2. The van der Waals surface area contributed by atoms with Crippen molar-refractivity contribution in [3.63, 3.8) is 0 Å². The normalized spacial score (nSPS) is 12.1. The standard InChI is InChI=1S/C19H28N4O2S/c1-4-6-7-10-13-23-16-12-9-8-11-15(16)21-19(23)26-14(3)17(24)22-18(25)20-5-2/h8-9,11-12,14H,4-7,10,13H2,1-3H3,(H2,20,22,24,25). The summed E-state index contributed by atoms with van der Waals surface area (Å²) in [5.74, 6) is -0.314. The molecule has 3 amide bonds. The van der Waals surface area contributed by atoms with Crippen LogP contribution in [0.25, 0.3) is 11.0 Å². The van der Waals surface area contributed by atoms with Gasteiger partial charge in [-0.2, -0.15) is 0 Å². The largest absolute Gasteiger partial charge is 0.338 e. The number of aryl methyl sites for hydroxylation is 1. The molecule has 1 heterocycles. The third kappa shape index (κ3) is 5.49. The number of imidazole rings is 1. The summed E-state index contributed by atoms with van der Waals surface area (Å²) in [4.78, 5) is 28.5. The number of thioether (sulfide) groups is 1. The van der Waals surface area contributed by atoms with Crippen molar-refractivity contribution in [2.45, 2.75) is 63.4 Å². The molecule has 2 aromatic rings. The molecule has 0 fully saturated rings. The Morgan fingerprint density at radius 3 is 2.69 bits per heavy atom. The lowest BCUT2D eigenvalue weighted by molar-refractivity contribution is -0.119. The molecule has 7 heteroatoms. The monoisotopic (exact) mass is 376 g/mol. The molecule has 1 atom stereocenters. The molecular formula is C19H28N4O2S. The number of nitrogens with one attached hydrogen (secondary N) is 2. The van der Waals surface area contributed by atoms with Crippen molar-refractivity contribution >= 4 is 34.7 Å². The summed E-state index contributed by atoms with van der Waals surface area (Å²) in [7, 11) is 0. The average Bonchev–Trinajstić information content (AvgIpc) is 2.96. The Morgan fingerprint density at radius 2 is 1.96 bits per heavy atom. The van der Waals surface area contributed by atoms with E-state index in [2.05, 4.69) is 28.2 Å². The minimum atomic E-state index is -0.460. The van der Waals surface area contributed by atoms with E-state index in [0.717, 1.165) is 29.2 Å². The second-order valence-corrected chi connectivity index (χ2v) is 7.51. The lowest BCUT2D eigenvalue weighted by Gasteiger charge is -2.13. The van der Waals surface area contributed by atoms with Gasteiger partial charge in [-0.3, -0.25) is 10.1 Å². The highest BCUT2D eigenvalue weighted by molar-refractivity contribution is 8.00. The summed E-state index contributed by atoms with van der Waals surface area (Å²) < 4.78 is 2.19. The molecule has 0 bridgehead atoms. The van der Waals surface area contributed by atoms with Gasteiger partial charge >= 0.3 is 6.03 Å². The van der Waals surface area contributed by atoms with Gasteiger partial charge in [0.1, 0.15) is 0 Å². The van der Waals surface area contributed by atoms with Crippen molar-refractivity contribution in [1.29, 1.82) is 0 Å². The zero-order valence-electron chi connectivity index (χ0n) is 15.7. The molecule has 0 saturated carbocycles. The summed E-state index contributed by atoms with van der Waals surface area (Å²) in [5, 5.41) is 5.34. The van der Waals surface area contributed by atoms with E-state index in [9.17, 15) is 9.59 Å². The van der Waals surface area contributed by atoms with Gasteiger partial charge < -0.3 is 9.88 Å². The lowest BCUT2D eigenvalue weighted by Crippen LogP contribution is -2.42. The molecule has 0 aliphatic carbocycles. The van der Waals surface area contributed by atoms with Crippen LogP contribution in [0.3, 0.4) is 0 Å². The molecule has 0 saturated heterocycles. The molecule has 0 aliphatic heterocycles. The Labute approximate surface area is 159 Å². The molecule has 26 heavy (non-hydrogen) atoms. The van der Waals surface area contributed by atoms with Crippen LogP contribution in [0.15, 0.2) is 29.4 Å². The summed E-state index contributed by atoms with van der Waals surface area (Å²) >= 11 is 1.39. The smallest absolute Gasteiger partial charge is 0.321 e. The number of urea groups is 1. The molecule has 1 unspecified atom stereocenters. The predicted octanol–water partition coefficient (Wildman–Crippen LogP) is 3.94. The van der Waals surface area contributed by atoms with E-state index in [1.807, 2.05) is 25.1 Å². The Bertz CT molecular complexity index is 744. The number of unbranched alkanes of at least 4 members (excludes halogenated alkanes) is 3. The van der Waals surface area contributed by atoms with Crippen LogP contribution in [0, 0.1) is 0 Å². The van der Waals surface area contributed by atoms with Gasteiger partial charge in [0.05, 0.1) is 16.3 Å². The Hall–Kier alpha value is -2.02. The molecule has 142 valence electrons. The second kappa shape index (κ2) is 10.2. The number of amides is 3. The first kappa shape index (κ1) is 20.3. The van der Waals surface area contributed by atoms with Crippen LogP contribution in [0.5, 0.6) is 0 Å². The third-order valence-electron chi connectivity index (χ3n) is 4.08. The van der Waals surface area contributed by atoms with Gasteiger partial charge in [-0.1, -0.05) is 50.1 Å². The maximum Gasteiger partial charge on any atom is 0.321 e. The third-order valence-corrected chi connectivity index (χ3v) is 5.17. The zero-order valence-corrected chi connectivity index (χ0v) is 16.6. The van der Waals surface area contributed by atoms with Gasteiger partial charge in [0.2, 0.25) is 5.91 Å². The summed E-state index contributed by atoms with van der Waals surface area (Å²) in [6, 6.07) is 7.56. The average molecular weight is 377 g/mol. The number of fused-ring (bicyclic) bond motifs is 1. The van der Waals surface area contributed by atoms with Crippen molar-refractivity contribution in [2.75, 3.05) is 6.54 Å². The minimum Gasteiger partial charge on any atom is -0.338 e. The van der Waals surface area contributed by atoms with Gasteiger partial charge in [-0.15, -0.1) is 0 Å². The molecule has 0 radical (unpaired) electrons. The molecule has 0 spiro atoms. The molecule has 1 aromatic heterocycles. The fraction of sp³-hybridized carbons (Fsp3) is 0.526. The zero-order chi connectivity index (χ0) is 18.9. The van der Waals surface area contributed by atoms with Crippen molar-refractivity contribution in [3.05, 3.63) is 24.3 Å². The van der Waals surface area contributed by atoms with Gasteiger partial charge in [0, 0.05) is 13.1 Å². The van der Waals surface area contributed by atoms with E-state index in [4.69, 9.17) is 4.98 Å². The number of para-hydroxylation sites is 2. The topological polar surface area (TPSA) is 76.0 Å². The fourth-order valence-electron chi connectivity index (χ4n) is 2.69. The first-order valence-corrected chi connectivity index (χ1v) is 10.1. The molecule has 2 rings (SSSR count). The van der Waals surface area contributed by atoms with Crippen LogP contribution >= 0.6 is 11.8 Å². The number of hydrogen-bond donors (Lipinski definition) is 2. The van der Waals surface area contributed by atoms with Gasteiger partial charge in [-0.05, 0) is 32.4 Å². The quantitative estimate of drug-likeness (QED) is 0.513. The predicted molar refractivity (Wildman–Crippen MR) is 106 cm³/mol. The van der Waals surface area contributed by atoms with Crippen LogP contribution in [0.4, 0.5) is 4.79 Å². The SMILES string of the molecule is CCCCCCn1c(SC(C)C(=O)NC(=O)NCC)nc2ccccc21. The molecule has 6 nitrogen and oxygen atoms in total. The number of aromatic nitrogens is 2. The maximum absolute atomic E-state index is 12.2. The number of imide groups is 1. The summed E-state index contributed by atoms with van der Waals surface area (Å²) in [6.45, 7) is 7.16. The highest BCUT2D eigenvalue weighted by Crippen LogP contribution is 2.28. The van der Waals surface area contributed by atoms with Crippen molar-refractivity contribution in [1.82, 2.24) is 20.2 Å². The summed E-state index contributed by atoms with van der Waals surface area (Å²) in [5.41, 5.74) is 2.02. The first-order valence-electron chi connectivity index (χ1n) is 9.27. The van der Waals surface area contributed by atoms with Crippen molar-refractivity contribution in [3.8, 4) is 0 Å². The Balaban J connectivity index is 2.11. The number of benzene rings is 1. The Morgan fingerprint density at radius 1 is 1.19 bits per heavy atom. The highest BCUT2D eigenvalue weighted by atomic mass is 32.2. The van der Waals surface area contributed by atoms with Crippen LogP contribution in [0.1, 0.15) is 46.5 Å². The molecule has 2 N–H and O–H groups in total. The van der Waals surface area contributed by atoms with Crippen molar-refractivity contribution in [2.24, 2.45) is 0 Å². The van der Waals surface area contributed by atoms with E-state index < -0.39 is 11.3 Å². The van der Waals surface area contributed by atoms with Gasteiger partial charge in [-0.25, -0.2) is 9.78 Å². The maximum atomic E-state index is 12.2. The van der Waals surface area contributed by atoms with E-state index in [0.29, 0.717) is 6.54 Å². The number of carbonyl (C=O) groups excluding carboxylic acids is 2. The Kier molecular flexibility index (Phi) is 7.97. The highest BCUT2D eigenvalue weighted by Gasteiger charge is 2.20. The van der Waals surface area contributed by atoms with E-state index >= 15 is 0 Å². The fourth-order valence-corrected chi connectivity index (χ4v) is 3.64. The van der Waals surface area contributed by atoms with Crippen LogP contribution in [0.2, 0.25) is 0 Å². The molecular weight excluding hydrogens is 348 g/mol. The van der Waals surface area contributed by atoms with Gasteiger partial charge in [0.15, 0.2) is 5.16 Å². The van der Waals surface area contributed by atoms with E-state index in [-0.39, 0.29) is 5.91 Å². The second-order valence-electron chi connectivity index (χ2n) is 6.20. The first-order chi connectivity index (χ1) is 12.6. The molecule has 0 aliphatic rings. The lowest BCUT2D eigenvalue weighted by atomic mass is 10.2. The van der Waals surface area contributed by atoms with Crippen LogP contribution < -0.4 is 10.6 Å². The number of rotatable bonds is 9. The summed E-state index contributed by atoms with van der Waals surface area (Å²) in [6.07, 6.45) is 4.69. The minimum absolute atomic E-state index is 0.314. The number of hydrogen-bond acceptors (Lipinski definition) is 4. The number of carbonyl (C=O) groups is 2.